The minimum atomic E-state index is -0.964. The molecular formula is C30H35FN4O4. The van der Waals surface area contributed by atoms with Crippen LogP contribution < -0.4 is 5.32 Å². The number of amides is 3. The number of hydrogen-bond donors (Lipinski definition) is 1. The predicted octanol–water partition coefficient (Wildman–Crippen LogP) is 4.53. The summed E-state index contributed by atoms with van der Waals surface area (Å²) in [7, 11) is 3.35. The number of piperidine rings is 1. The van der Waals surface area contributed by atoms with Gasteiger partial charge < -0.3 is 15.0 Å². The number of benzene rings is 2. The number of ether oxygens (including phenoxy) is 1. The van der Waals surface area contributed by atoms with Crippen molar-refractivity contribution < 1.29 is 23.5 Å². The molecule has 1 heterocycles. The fraction of sp³-hybridized carbons (Fsp3) is 0.467. The van der Waals surface area contributed by atoms with Crippen molar-refractivity contribution in [1.82, 2.24) is 15.1 Å². The van der Waals surface area contributed by atoms with Crippen LogP contribution in [0.15, 0.2) is 42.5 Å². The first-order valence-electron chi connectivity index (χ1n) is 13.2. The number of nitrogens with zero attached hydrogens (tertiary/aromatic N) is 3. The molecule has 206 valence electrons. The van der Waals surface area contributed by atoms with Crippen molar-refractivity contribution in [3.8, 4) is 17.2 Å². The van der Waals surface area contributed by atoms with Crippen molar-refractivity contribution in [1.29, 1.82) is 5.26 Å². The first-order chi connectivity index (χ1) is 18.4. The Balaban J connectivity index is 1.44. The second kappa shape index (κ2) is 11.0. The largest absolute Gasteiger partial charge is 0.444 e. The zero-order valence-corrected chi connectivity index (χ0v) is 23.0. The highest BCUT2D eigenvalue weighted by atomic mass is 19.1. The highest BCUT2D eigenvalue weighted by molar-refractivity contribution is 5.94. The zero-order chi connectivity index (χ0) is 28.5. The fourth-order valence-corrected chi connectivity index (χ4v) is 5.46. The van der Waals surface area contributed by atoms with E-state index in [4.69, 9.17) is 4.74 Å². The molecule has 4 atom stereocenters. The van der Waals surface area contributed by atoms with Crippen molar-refractivity contribution in [2.45, 2.75) is 70.2 Å². The summed E-state index contributed by atoms with van der Waals surface area (Å²) in [6.07, 6.45) is 1.85. The Bertz CT molecular complexity index is 1300. The van der Waals surface area contributed by atoms with Crippen LogP contribution in [0, 0.1) is 23.1 Å². The smallest absolute Gasteiger partial charge is 0.411 e. The average molecular weight is 535 g/mol. The molecule has 2 aromatic rings. The molecule has 1 aliphatic heterocycles. The van der Waals surface area contributed by atoms with E-state index in [1.165, 1.54) is 15.9 Å². The SMILES string of the molecule is CN(C)C(=O)c1ccc(-c2ccc(CC(C#N)NC(=O)C3C4CCC(C4)N3C(=O)OC(C)(C)C)c(F)c2)cc1. The molecule has 0 aromatic heterocycles. The molecule has 2 bridgehead atoms. The molecule has 0 spiro atoms. The van der Waals surface area contributed by atoms with Crippen LogP contribution in [-0.2, 0) is 16.0 Å². The Kier molecular flexibility index (Phi) is 7.96. The van der Waals surface area contributed by atoms with Gasteiger partial charge in [-0.1, -0.05) is 24.3 Å². The first-order valence-corrected chi connectivity index (χ1v) is 13.2. The minimum absolute atomic E-state index is 0.0114. The van der Waals surface area contributed by atoms with Crippen LogP contribution in [0.1, 0.15) is 56.0 Å². The van der Waals surface area contributed by atoms with Gasteiger partial charge in [0.05, 0.1) is 6.07 Å². The molecule has 3 amide bonds. The van der Waals surface area contributed by atoms with Crippen LogP contribution in [0.4, 0.5) is 9.18 Å². The van der Waals surface area contributed by atoms with Gasteiger partial charge in [-0.05, 0) is 80.8 Å². The normalized spacial score (nSPS) is 20.7. The number of fused-ring (bicyclic) bond motifs is 2. The van der Waals surface area contributed by atoms with Gasteiger partial charge in [0.15, 0.2) is 0 Å². The Morgan fingerprint density at radius 3 is 2.38 bits per heavy atom. The quantitative estimate of drug-likeness (QED) is 0.587. The van der Waals surface area contributed by atoms with Crippen molar-refractivity contribution in [2.75, 3.05) is 14.1 Å². The monoisotopic (exact) mass is 534 g/mol. The molecule has 8 nitrogen and oxygen atoms in total. The Labute approximate surface area is 228 Å². The maximum atomic E-state index is 15.1. The van der Waals surface area contributed by atoms with Crippen LogP contribution in [0.2, 0.25) is 0 Å². The van der Waals surface area contributed by atoms with Gasteiger partial charge in [0.25, 0.3) is 5.91 Å². The van der Waals surface area contributed by atoms with Crippen molar-refractivity contribution in [3.63, 3.8) is 0 Å². The molecule has 4 rings (SSSR count). The van der Waals surface area contributed by atoms with E-state index in [1.54, 1.807) is 71.3 Å². The molecule has 2 fully saturated rings. The Morgan fingerprint density at radius 1 is 1.13 bits per heavy atom. The highest BCUT2D eigenvalue weighted by Crippen LogP contribution is 2.43. The predicted molar refractivity (Wildman–Crippen MR) is 144 cm³/mol. The summed E-state index contributed by atoms with van der Waals surface area (Å²) >= 11 is 0. The maximum Gasteiger partial charge on any atom is 0.411 e. The van der Waals surface area contributed by atoms with Crippen LogP contribution in [-0.4, -0.2) is 65.5 Å². The molecule has 1 saturated carbocycles. The van der Waals surface area contributed by atoms with Gasteiger partial charge in [-0.3, -0.25) is 14.5 Å². The van der Waals surface area contributed by atoms with Gasteiger partial charge in [-0.2, -0.15) is 5.26 Å². The van der Waals surface area contributed by atoms with Crippen molar-refractivity contribution >= 4 is 17.9 Å². The summed E-state index contributed by atoms with van der Waals surface area (Å²) in [4.78, 5) is 41.3. The van der Waals surface area contributed by atoms with E-state index in [-0.39, 0.29) is 24.3 Å². The van der Waals surface area contributed by atoms with Gasteiger partial charge in [-0.15, -0.1) is 0 Å². The number of carbonyl (C=O) groups excluding carboxylic acids is 3. The summed E-state index contributed by atoms with van der Waals surface area (Å²) < 4.78 is 20.6. The molecular weight excluding hydrogens is 499 g/mol. The third-order valence-corrected chi connectivity index (χ3v) is 7.28. The summed E-state index contributed by atoms with van der Waals surface area (Å²) in [5, 5.41) is 12.5. The number of nitrogens with one attached hydrogen (secondary N) is 1. The van der Waals surface area contributed by atoms with E-state index in [0.717, 1.165) is 24.8 Å². The van der Waals surface area contributed by atoms with Gasteiger partial charge in [0, 0.05) is 32.1 Å². The lowest BCUT2D eigenvalue weighted by Gasteiger charge is -2.35. The summed E-state index contributed by atoms with van der Waals surface area (Å²) in [6, 6.07) is 12.0. The Hall–Kier alpha value is -3.93. The van der Waals surface area contributed by atoms with Crippen LogP contribution >= 0.6 is 0 Å². The maximum absolute atomic E-state index is 15.1. The van der Waals surface area contributed by atoms with E-state index in [9.17, 15) is 19.6 Å². The molecule has 2 aromatic carbocycles. The van der Waals surface area contributed by atoms with E-state index in [1.807, 2.05) is 0 Å². The second-order valence-corrected chi connectivity index (χ2v) is 11.5. The molecule has 2 aliphatic rings. The summed E-state index contributed by atoms with van der Waals surface area (Å²) in [5.74, 6) is -1.01. The molecule has 1 aliphatic carbocycles. The average Bonchev–Trinajstić information content (AvgIpc) is 3.50. The molecule has 4 unspecified atom stereocenters. The zero-order valence-electron chi connectivity index (χ0n) is 23.0. The lowest BCUT2D eigenvalue weighted by atomic mass is 9.96. The third kappa shape index (κ3) is 6.22. The molecule has 1 saturated heterocycles. The summed E-state index contributed by atoms with van der Waals surface area (Å²) in [5.41, 5.74) is 1.52. The van der Waals surface area contributed by atoms with Crippen LogP contribution in [0.3, 0.4) is 0 Å². The number of hydrogen-bond acceptors (Lipinski definition) is 5. The van der Waals surface area contributed by atoms with Gasteiger partial charge in [0.2, 0.25) is 5.91 Å². The summed E-state index contributed by atoms with van der Waals surface area (Å²) in [6.45, 7) is 5.34. The molecule has 0 radical (unpaired) electrons. The topological polar surface area (TPSA) is 103 Å². The minimum Gasteiger partial charge on any atom is -0.444 e. The van der Waals surface area contributed by atoms with Crippen LogP contribution in [0.25, 0.3) is 11.1 Å². The second-order valence-electron chi connectivity index (χ2n) is 11.5. The fourth-order valence-electron chi connectivity index (χ4n) is 5.46. The van der Waals surface area contributed by atoms with Gasteiger partial charge in [-0.25, -0.2) is 9.18 Å². The lowest BCUT2D eigenvalue weighted by molar-refractivity contribution is -0.128. The lowest BCUT2D eigenvalue weighted by Crippen LogP contribution is -2.55. The first kappa shape index (κ1) is 28.1. The van der Waals surface area contributed by atoms with Gasteiger partial charge in [0.1, 0.15) is 23.5 Å². The van der Waals surface area contributed by atoms with E-state index in [0.29, 0.717) is 16.7 Å². The third-order valence-electron chi connectivity index (χ3n) is 7.28. The standard InChI is InChI=1S/C30H35FN4O4/c1-30(2,3)39-29(38)35-24-13-12-22(15-24)26(35)27(36)33-23(17-32)14-21-11-10-20(16-25(21)31)18-6-8-19(9-7-18)28(37)34(4)5/h6-11,16,22-24,26H,12-15H2,1-5H3,(H,33,36). The van der Waals surface area contributed by atoms with Crippen LogP contribution in [0.5, 0.6) is 0 Å². The Morgan fingerprint density at radius 2 is 1.79 bits per heavy atom. The molecule has 1 N–H and O–H groups in total. The highest BCUT2D eigenvalue weighted by Gasteiger charge is 2.52. The van der Waals surface area contributed by atoms with Crippen molar-refractivity contribution in [2.24, 2.45) is 5.92 Å². The number of carbonyl (C=O) groups is 3. The number of likely N-dealkylation sites (tertiary alicyclic amines) is 1. The van der Waals surface area contributed by atoms with E-state index >= 15 is 4.39 Å². The van der Waals surface area contributed by atoms with E-state index < -0.39 is 35.5 Å². The van der Waals surface area contributed by atoms with Crippen molar-refractivity contribution in [3.05, 3.63) is 59.4 Å². The molecule has 9 heteroatoms. The van der Waals surface area contributed by atoms with Gasteiger partial charge >= 0.3 is 6.09 Å². The number of nitriles is 1. The van der Waals surface area contributed by atoms with E-state index in [2.05, 4.69) is 11.4 Å². The number of rotatable bonds is 6. The number of halogens is 1. The molecule has 39 heavy (non-hydrogen) atoms.